The van der Waals surface area contributed by atoms with Crippen molar-refractivity contribution in [1.82, 2.24) is 5.32 Å². The van der Waals surface area contributed by atoms with Crippen LogP contribution in [0.3, 0.4) is 0 Å². The molecule has 0 rings (SSSR count). The van der Waals surface area contributed by atoms with Crippen molar-refractivity contribution in [1.29, 1.82) is 0 Å². The molecule has 3 nitrogen and oxygen atoms in total. The molecule has 0 aromatic heterocycles. The number of ether oxygens (including phenoxy) is 1. The highest BCUT2D eigenvalue weighted by Crippen LogP contribution is 1.94. The Labute approximate surface area is 55.4 Å². The molecule has 0 aromatic carbocycles. The van der Waals surface area contributed by atoms with E-state index in [1.807, 2.05) is 13.8 Å². The van der Waals surface area contributed by atoms with Gasteiger partial charge in [0.25, 0.3) is 0 Å². The lowest BCUT2D eigenvalue weighted by molar-refractivity contribution is 0.107. The van der Waals surface area contributed by atoms with Crippen molar-refractivity contribution in [2.45, 2.75) is 26.4 Å². The smallest absolute Gasteiger partial charge is 0.407 e. The normalized spacial score (nSPS) is 12.3. The summed E-state index contributed by atoms with van der Waals surface area (Å²) in [5.74, 6) is 0. The molecule has 1 N–H and O–H groups in total. The number of carbonyl (C=O) groups excluding carboxylic acids is 1. The summed E-state index contributed by atoms with van der Waals surface area (Å²) in [4.78, 5) is 10.4. The average Bonchev–Trinajstić information content (AvgIpc) is 1.87. The Kier molecular flexibility index (Phi) is 3.84. The summed E-state index contributed by atoms with van der Waals surface area (Å²) in [6.45, 7) is 3.82. The van der Waals surface area contributed by atoms with Crippen LogP contribution in [0.25, 0.3) is 0 Å². The zero-order chi connectivity index (χ0) is 7.28. The molecule has 0 bridgehead atoms. The number of hydrogen-bond acceptors (Lipinski definition) is 2. The van der Waals surface area contributed by atoms with Gasteiger partial charge in [-0.25, -0.2) is 4.79 Å². The molecule has 0 heterocycles. The maximum atomic E-state index is 10.4. The van der Waals surface area contributed by atoms with Crippen molar-refractivity contribution in [2.75, 3.05) is 7.05 Å². The highest BCUT2D eigenvalue weighted by molar-refractivity contribution is 5.66. The number of carbonyl (C=O) groups is 1. The van der Waals surface area contributed by atoms with Crippen LogP contribution in [-0.2, 0) is 4.74 Å². The Morgan fingerprint density at radius 1 is 1.78 bits per heavy atom. The van der Waals surface area contributed by atoms with Gasteiger partial charge >= 0.3 is 6.09 Å². The number of amides is 1. The standard InChI is InChI=1S/C6H13NO2/c1-4-5(2)9-6(8)7-3/h5H,4H2,1-3H3,(H,7,8)/t5-/m1/s1. The van der Waals surface area contributed by atoms with Gasteiger partial charge in [0.2, 0.25) is 0 Å². The minimum atomic E-state index is -0.357. The van der Waals surface area contributed by atoms with Crippen molar-refractivity contribution in [2.24, 2.45) is 0 Å². The third-order valence-corrected chi connectivity index (χ3v) is 1.09. The topological polar surface area (TPSA) is 38.3 Å². The van der Waals surface area contributed by atoms with E-state index < -0.39 is 0 Å². The summed E-state index contributed by atoms with van der Waals surface area (Å²) in [7, 11) is 1.55. The van der Waals surface area contributed by atoms with Gasteiger partial charge in [0.1, 0.15) is 6.10 Å². The van der Waals surface area contributed by atoms with Gasteiger partial charge in [-0.15, -0.1) is 0 Å². The number of hydrogen-bond donors (Lipinski definition) is 1. The minimum absolute atomic E-state index is 0.0185. The monoisotopic (exact) mass is 131 g/mol. The van der Waals surface area contributed by atoms with E-state index in [0.29, 0.717) is 0 Å². The Morgan fingerprint density at radius 2 is 2.33 bits per heavy atom. The van der Waals surface area contributed by atoms with Gasteiger partial charge in [-0.3, -0.25) is 0 Å². The van der Waals surface area contributed by atoms with Gasteiger partial charge in [-0.1, -0.05) is 6.92 Å². The molecule has 1 atom stereocenters. The largest absolute Gasteiger partial charge is 0.447 e. The fraction of sp³-hybridized carbons (Fsp3) is 0.833. The molecule has 0 unspecified atom stereocenters. The van der Waals surface area contributed by atoms with Gasteiger partial charge < -0.3 is 10.1 Å². The Hall–Kier alpha value is -0.730. The van der Waals surface area contributed by atoms with Crippen LogP contribution in [0.2, 0.25) is 0 Å². The number of alkyl carbamates (subject to hydrolysis) is 1. The van der Waals surface area contributed by atoms with Crippen LogP contribution in [0.5, 0.6) is 0 Å². The van der Waals surface area contributed by atoms with Crippen LogP contribution in [0.15, 0.2) is 0 Å². The molecule has 0 aliphatic heterocycles. The van der Waals surface area contributed by atoms with Crippen molar-refractivity contribution in [3.05, 3.63) is 0 Å². The van der Waals surface area contributed by atoms with E-state index in [4.69, 9.17) is 4.74 Å². The van der Waals surface area contributed by atoms with E-state index in [1.165, 1.54) is 0 Å². The SMILES string of the molecule is CC[C@@H](C)OC(=O)NC. The maximum absolute atomic E-state index is 10.4. The van der Waals surface area contributed by atoms with Crippen LogP contribution in [-0.4, -0.2) is 19.2 Å². The number of rotatable bonds is 2. The van der Waals surface area contributed by atoms with Crippen LogP contribution in [0.1, 0.15) is 20.3 Å². The summed E-state index contributed by atoms with van der Waals surface area (Å²) in [5, 5.41) is 2.37. The zero-order valence-corrected chi connectivity index (χ0v) is 6.10. The fourth-order valence-corrected chi connectivity index (χ4v) is 0.325. The molecule has 0 radical (unpaired) electrons. The average molecular weight is 131 g/mol. The second-order valence-electron chi connectivity index (χ2n) is 1.87. The second kappa shape index (κ2) is 4.18. The van der Waals surface area contributed by atoms with Crippen LogP contribution in [0, 0.1) is 0 Å². The lowest BCUT2D eigenvalue weighted by Gasteiger charge is -2.08. The molecule has 0 spiro atoms. The van der Waals surface area contributed by atoms with Gasteiger partial charge in [0, 0.05) is 7.05 Å². The molecule has 0 aliphatic rings. The van der Waals surface area contributed by atoms with Crippen molar-refractivity contribution in [3.8, 4) is 0 Å². The van der Waals surface area contributed by atoms with Gasteiger partial charge in [-0.2, -0.15) is 0 Å². The third-order valence-electron chi connectivity index (χ3n) is 1.09. The Balaban J connectivity index is 3.34. The lowest BCUT2D eigenvalue weighted by atomic mass is 10.3. The molecule has 0 aromatic rings. The molecule has 54 valence electrons. The van der Waals surface area contributed by atoms with Crippen molar-refractivity contribution >= 4 is 6.09 Å². The highest BCUT2D eigenvalue weighted by Gasteiger charge is 2.02. The number of nitrogens with one attached hydrogen (secondary N) is 1. The zero-order valence-electron chi connectivity index (χ0n) is 6.10. The van der Waals surface area contributed by atoms with E-state index in [-0.39, 0.29) is 12.2 Å². The highest BCUT2D eigenvalue weighted by atomic mass is 16.6. The van der Waals surface area contributed by atoms with E-state index in [1.54, 1.807) is 7.05 Å². The Bertz CT molecular complexity index is 93.1. The summed E-state index contributed by atoms with van der Waals surface area (Å²) < 4.78 is 4.80. The maximum Gasteiger partial charge on any atom is 0.407 e. The molecule has 0 aliphatic carbocycles. The molecule has 3 heteroatoms. The van der Waals surface area contributed by atoms with Gasteiger partial charge in [0.05, 0.1) is 0 Å². The van der Waals surface area contributed by atoms with E-state index in [0.717, 1.165) is 6.42 Å². The lowest BCUT2D eigenvalue weighted by Crippen LogP contribution is -2.23. The summed E-state index contributed by atoms with van der Waals surface area (Å²) in [6.07, 6.45) is 0.516. The van der Waals surface area contributed by atoms with Gasteiger partial charge in [-0.05, 0) is 13.3 Å². The Morgan fingerprint density at radius 3 is 2.67 bits per heavy atom. The van der Waals surface area contributed by atoms with E-state index in [9.17, 15) is 4.79 Å². The molecule has 9 heavy (non-hydrogen) atoms. The van der Waals surface area contributed by atoms with Crippen molar-refractivity contribution in [3.63, 3.8) is 0 Å². The van der Waals surface area contributed by atoms with Crippen LogP contribution >= 0.6 is 0 Å². The molecule has 0 fully saturated rings. The predicted octanol–water partition coefficient (Wildman–Crippen LogP) is 1.14. The summed E-state index contributed by atoms with van der Waals surface area (Å²) >= 11 is 0. The van der Waals surface area contributed by atoms with Gasteiger partial charge in [0.15, 0.2) is 0 Å². The van der Waals surface area contributed by atoms with Crippen molar-refractivity contribution < 1.29 is 9.53 Å². The quantitative estimate of drug-likeness (QED) is 0.610. The predicted molar refractivity (Wildman–Crippen MR) is 35.3 cm³/mol. The molecule has 0 saturated heterocycles. The first-order chi connectivity index (χ1) is 4.20. The summed E-state index contributed by atoms with van der Waals surface area (Å²) in [6, 6.07) is 0. The fourth-order valence-electron chi connectivity index (χ4n) is 0.325. The molecular formula is C6H13NO2. The second-order valence-corrected chi connectivity index (χ2v) is 1.87. The van der Waals surface area contributed by atoms with E-state index >= 15 is 0 Å². The van der Waals surface area contributed by atoms with Crippen LogP contribution < -0.4 is 5.32 Å². The first-order valence-electron chi connectivity index (χ1n) is 3.09. The van der Waals surface area contributed by atoms with E-state index in [2.05, 4.69) is 5.32 Å². The van der Waals surface area contributed by atoms with Crippen LogP contribution in [0.4, 0.5) is 4.79 Å². The third kappa shape index (κ3) is 3.82. The first kappa shape index (κ1) is 8.27. The summed E-state index contributed by atoms with van der Waals surface area (Å²) in [5.41, 5.74) is 0. The molecule has 1 amide bonds. The first-order valence-corrected chi connectivity index (χ1v) is 3.09. The minimum Gasteiger partial charge on any atom is -0.447 e. The molecule has 0 saturated carbocycles. The molecular weight excluding hydrogens is 118 g/mol.